The Kier molecular flexibility index (Phi) is 4.90. The molecule has 0 aromatic heterocycles. The molecule has 4 N–H and O–H groups in total. The van der Waals surface area contributed by atoms with Gasteiger partial charge in [-0.3, -0.25) is 0 Å². The molecule has 17 heavy (non-hydrogen) atoms. The first-order valence-corrected chi connectivity index (χ1v) is 5.47. The van der Waals surface area contributed by atoms with Crippen molar-refractivity contribution in [3.63, 3.8) is 0 Å². The number of nitrogens with zero attached hydrogens (tertiary/aromatic N) is 1. The smallest absolute Gasteiger partial charge is 0.140 e. The van der Waals surface area contributed by atoms with Crippen LogP contribution < -0.4 is 11.1 Å². The Morgan fingerprint density at radius 3 is 2.53 bits per heavy atom. The van der Waals surface area contributed by atoms with Crippen molar-refractivity contribution in [1.29, 1.82) is 0 Å². The zero-order chi connectivity index (χ0) is 12.8. The van der Waals surface area contributed by atoms with Crippen LogP contribution in [0, 0.1) is 19.7 Å². The third-order valence-electron chi connectivity index (χ3n) is 2.51. The second-order valence-electron chi connectivity index (χ2n) is 4.06. The van der Waals surface area contributed by atoms with Crippen molar-refractivity contribution in [2.45, 2.75) is 26.8 Å². The molecule has 5 heteroatoms. The molecule has 1 rings (SSSR count). The SMILES string of the molecule is Cc1cc(CNCCC(N)=NO)cc(C)c1F. The molecule has 0 saturated heterocycles. The van der Waals surface area contributed by atoms with Crippen LogP contribution in [-0.2, 0) is 6.54 Å². The van der Waals surface area contributed by atoms with Crippen LogP contribution in [0.3, 0.4) is 0 Å². The summed E-state index contributed by atoms with van der Waals surface area (Å²) >= 11 is 0. The molecule has 0 spiro atoms. The highest BCUT2D eigenvalue weighted by atomic mass is 19.1. The van der Waals surface area contributed by atoms with E-state index in [1.807, 2.05) is 12.1 Å². The van der Waals surface area contributed by atoms with E-state index in [1.165, 1.54) is 0 Å². The molecule has 1 aromatic carbocycles. The first-order valence-electron chi connectivity index (χ1n) is 5.47. The largest absolute Gasteiger partial charge is 0.409 e. The van der Waals surface area contributed by atoms with Crippen LogP contribution in [0.25, 0.3) is 0 Å². The highest BCUT2D eigenvalue weighted by Gasteiger charge is 2.03. The number of oxime groups is 1. The Balaban J connectivity index is 2.48. The van der Waals surface area contributed by atoms with Crippen LogP contribution in [0.2, 0.25) is 0 Å². The molecule has 0 unspecified atom stereocenters. The van der Waals surface area contributed by atoms with Crippen LogP contribution in [0.4, 0.5) is 4.39 Å². The van der Waals surface area contributed by atoms with E-state index in [2.05, 4.69) is 10.5 Å². The van der Waals surface area contributed by atoms with Gasteiger partial charge in [0.25, 0.3) is 0 Å². The predicted molar refractivity (Wildman–Crippen MR) is 65.6 cm³/mol. The molecular weight excluding hydrogens is 221 g/mol. The summed E-state index contributed by atoms with van der Waals surface area (Å²) in [7, 11) is 0. The van der Waals surface area contributed by atoms with Gasteiger partial charge in [0.2, 0.25) is 0 Å². The molecule has 0 heterocycles. The van der Waals surface area contributed by atoms with E-state index in [-0.39, 0.29) is 11.7 Å². The number of rotatable bonds is 5. The fraction of sp³-hybridized carbons (Fsp3) is 0.417. The fourth-order valence-corrected chi connectivity index (χ4v) is 1.64. The summed E-state index contributed by atoms with van der Waals surface area (Å²) in [4.78, 5) is 0. The maximum absolute atomic E-state index is 13.4. The molecule has 0 saturated carbocycles. The first-order chi connectivity index (χ1) is 8.04. The summed E-state index contributed by atoms with van der Waals surface area (Å²) in [6.07, 6.45) is 0.482. The Labute approximate surface area is 100 Å². The van der Waals surface area contributed by atoms with E-state index in [1.54, 1.807) is 13.8 Å². The minimum absolute atomic E-state index is 0.148. The van der Waals surface area contributed by atoms with Gasteiger partial charge < -0.3 is 16.3 Å². The highest BCUT2D eigenvalue weighted by molar-refractivity contribution is 5.79. The maximum atomic E-state index is 13.4. The number of benzene rings is 1. The Bertz CT molecular complexity index is 395. The van der Waals surface area contributed by atoms with Gasteiger partial charge >= 0.3 is 0 Å². The van der Waals surface area contributed by atoms with E-state index in [0.717, 1.165) is 5.56 Å². The topological polar surface area (TPSA) is 70.6 Å². The second kappa shape index (κ2) is 6.20. The number of nitrogens with two attached hydrogens (primary N) is 1. The van der Waals surface area contributed by atoms with Crippen molar-refractivity contribution in [3.05, 3.63) is 34.6 Å². The number of hydrogen-bond donors (Lipinski definition) is 3. The third kappa shape index (κ3) is 4.03. The van der Waals surface area contributed by atoms with Gasteiger partial charge in [0, 0.05) is 19.5 Å². The van der Waals surface area contributed by atoms with E-state index < -0.39 is 0 Å². The van der Waals surface area contributed by atoms with Gasteiger partial charge in [0.15, 0.2) is 0 Å². The summed E-state index contributed by atoms with van der Waals surface area (Å²) in [5.74, 6) is 0.0503. The highest BCUT2D eigenvalue weighted by Crippen LogP contribution is 2.14. The number of nitrogens with one attached hydrogen (secondary N) is 1. The molecule has 0 bridgehead atoms. The van der Waals surface area contributed by atoms with Gasteiger partial charge in [-0.2, -0.15) is 0 Å². The lowest BCUT2D eigenvalue weighted by molar-refractivity contribution is 0.316. The van der Waals surface area contributed by atoms with Crippen molar-refractivity contribution in [2.24, 2.45) is 10.9 Å². The quantitative estimate of drug-likeness (QED) is 0.241. The van der Waals surface area contributed by atoms with Crippen molar-refractivity contribution < 1.29 is 9.60 Å². The van der Waals surface area contributed by atoms with Crippen molar-refractivity contribution in [3.8, 4) is 0 Å². The number of halogens is 1. The van der Waals surface area contributed by atoms with E-state index >= 15 is 0 Å². The summed E-state index contributed by atoms with van der Waals surface area (Å²) in [6.45, 7) is 4.76. The van der Waals surface area contributed by atoms with Gasteiger partial charge in [0.1, 0.15) is 11.7 Å². The Morgan fingerprint density at radius 1 is 1.41 bits per heavy atom. The number of amidine groups is 1. The van der Waals surface area contributed by atoms with Crippen LogP contribution in [0.5, 0.6) is 0 Å². The van der Waals surface area contributed by atoms with Gasteiger partial charge in [-0.1, -0.05) is 17.3 Å². The van der Waals surface area contributed by atoms with Crippen molar-refractivity contribution in [2.75, 3.05) is 6.54 Å². The Morgan fingerprint density at radius 2 is 2.00 bits per heavy atom. The van der Waals surface area contributed by atoms with Gasteiger partial charge in [-0.25, -0.2) is 4.39 Å². The van der Waals surface area contributed by atoms with Gasteiger partial charge in [0.05, 0.1) is 0 Å². The summed E-state index contributed by atoms with van der Waals surface area (Å²) < 4.78 is 13.4. The monoisotopic (exact) mass is 239 g/mol. The predicted octanol–water partition coefficient (Wildman–Crippen LogP) is 1.67. The second-order valence-corrected chi connectivity index (χ2v) is 4.06. The average molecular weight is 239 g/mol. The molecule has 94 valence electrons. The lowest BCUT2D eigenvalue weighted by Crippen LogP contribution is -2.22. The lowest BCUT2D eigenvalue weighted by Gasteiger charge is -2.08. The van der Waals surface area contributed by atoms with E-state index in [0.29, 0.717) is 30.6 Å². The minimum Gasteiger partial charge on any atom is -0.409 e. The molecule has 0 amide bonds. The van der Waals surface area contributed by atoms with Crippen LogP contribution >= 0.6 is 0 Å². The van der Waals surface area contributed by atoms with Gasteiger partial charge in [-0.05, 0) is 30.5 Å². The fourth-order valence-electron chi connectivity index (χ4n) is 1.64. The number of aryl methyl sites for hydroxylation is 2. The molecular formula is C12H18FN3O. The van der Waals surface area contributed by atoms with Crippen molar-refractivity contribution in [1.82, 2.24) is 5.32 Å². The zero-order valence-corrected chi connectivity index (χ0v) is 10.1. The Hall–Kier alpha value is -1.62. The van der Waals surface area contributed by atoms with Crippen LogP contribution in [-0.4, -0.2) is 17.6 Å². The molecule has 0 aliphatic rings. The molecule has 0 fully saturated rings. The maximum Gasteiger partial charge on any atom is 0.140 e. The third-order valence-corrected chi connectivity index (χ3v) is 2.51. The van der Waals surface area contributed by atoms with E-state index in [4.69, 9.17) is 10.9 Å². The van der Waals surface area contributed by atoms with E-state index in [9.17, 15) is 4.39 Å². The van der Waals surface area contributed by atoms with Crippen LogP contribution in [0.1, 0.15) is 23.1 Å². The summed E-state index contributed by atoms with van der Waals surface area (Å²) in [5.41, 5.74) is 7.66. The number of hydrogen-bond acceptors (Lipinski definition) is 3. The van der Waals surface area contributed by atoms with Crippen molar-refractivity contribution >= 4 is 5.84 Å². The minimum atomic E-state index is -0.148. The zero-order valence-electron chi connectivity index (χ0n) is 10.1. The van der Waals surface area contributed by atoms with Gasteiger partial charge in [-0.15, -0.1) is 0 Å². The standard InChI is InChI=1S/C12H18FN3O/c1-8-5-10(6-9(2)12(8)13)7-15-4-3-11(14)16-17/h5-6,15,17H,3-4,7H2,1-2H3,(H2,14,16). The molecule has 1 aromatic rings. The van der Waals surface area contributed by atoms with Crippen LogP contribution in [0.15, 0.2) is 17.3 Å². The molecule has 0 radical (unpaired) electrons. The lowest BCUT2D eigenvalue weighted by atomic mass is 10.1. The molecule has 4 nitrogen and oxygen atoms in total. The average Bonchev–Trinajstić information content (AvgIpc) is 2.31. The summed E-state index contributed by atoms with van der Waals surface area (Å²) in [6, 6.07) is 3.64. The molecule has 0 aliphatic carbocycles. The first kappa shape index (κ1) is 13.4. The molecule has 0 aliphatic heterocycles. The normalized spacial score (nSPS) is 11.8. The molecule has 0 atom stereocenters. The summed E-state index contributed by atoms with van der Waals surface area (Å²) in [5, 5.41) is 14.4.